The van der Waals surface area contributed by atoms with Crippen LogP contribution in [0.25, 0.3) is 0 Å². The molecule has 1 aromatic heterocycles. The summed E-state index contributed by atoms with van der Waals surface area (Å²) in [7, 11) is 0. The van der Waals surface area contributed by atoms with Crippen molar-refractivity contribution in [2.75, 3.05) is 5.32 Å². The van der Waals surface area contributed by atoms with E-state index in [0.717, 1.165) is 15.7 Å². The number of aryl methyl sites for hydroxylation is 2. The van der Waals surface area contributed by atoms with Gasteiger partial charge in [0.2, 0.25) is 5.76 Å². The van der Waals surface area contributed by atoms with Gasteiger partial charge in [-0.3, -0.25) is 0 Å². The third-order valence-electron chi connectivity index (χ3n) is 2.81. The molecule has 0 saturated heterocycles. The zero-order valence-corrected chi connectivity index (χ0v) is 12.2. The highest BCUT2D eigenvalue weighted by atomic mass is 79.9. The fourth-order valence-electron chi connectivity index (χ4n) is 1.81. The number of anilines is 1. The summed E-state index contributed by atoms with van der Waals surface area (Å²) in [6.45, 7) is 4.17. The van der Waals surface area contributed by atoms with Crippen molar-refractivity contribution in [2.24, 2.45) is 0 Å². The second-order valence-electron chi connectivity index (χ2n) is 4.32. The number of nitrogens with one attached hydrogen (secondary N) is 1. The van der Waals surface area contributed by atoms with Gasteiger partial charge in [0.15, 0.2) is 0 Å². The first-order valence-electron chi connectivity index (χ1n) is 5.80. The summed E-state index contributed by atoms with van der Waals surface area (Å²) in [6, 6.07) is 7.65. The van der Waals surface area contributed by atoms with E-state index in [2.05, 4.69) is 21.2 Å². The molecule has 0 unspecified atom stereocenters. The number of hydrogen-bond donors (Lipinski definition) is 2. The molecule has 1 aromatic carbocycles. The summed E-state index contributed by atoms with van der Waals surface area (Å²) < 4.78 is 6.29. The minimum Gasteiger partial charge on any atom is -0.475 e. The van der Waals surface area contributed by atoms with Crippen LogP contribution in [0.3, 0.4) is 0 Å². The Morgan fingerprint density at radius 1 is 1.37 bits per heavy atom. The lowest BCUT2D eigenvalue weighted by molar-refractivity contribution is 0.0659. The number of rotatable bonds is 4. The van der Waals surface area contributed by atoms with E-state index in [1.807, 2.05) is 25.1 Å². The van der Waals surface area contributed by atoms with E-state index in [1.165, 1.54) is 0 Å². The number of carboxylic acid groups (broad SMARTS) is 1. The molecule has 0 aliphatic carbocycles. The standard InChI is InChI=1S/C14H14BrNO3/c1-8-4-3-5-11(12(8)15)16-7-10-6-9(2)13(19-10)14(17)18/h3-6,16H,7H2,1-2H3,(H,17,18). The Bertz CT molecular complexity index is 619. The van der Waals surface area contributed by atoms with Gasteiger partial charge in [0, 0.05) is 15.7 Å². The Balaban J connectivity index is 2.13. The van der Waals surface area contributed by atoms with Gasteiger partial charge < -0.3 is 14.8 Å². The lowest BCUT2D eigenvalue weighted by atomic mass is 10.2. The minimum absolute atomic E-state index is 0.0000999. The summed E-state index contributed by atoms with van der Waals surface area (Å²) in [6.07, 6.45) is 0. The predicted octanol–water partition coefficient (Wildman–Crippen LogP) is 3.97. The lowest BCUT2D eigenvalue weighted by Gasteiger charge is -2.08. The predicted molar refractivity (Wildman–Crippen MR) is 76.6 cm³/mol. The summed E-state index contributed by atoms with van der Waals surface area (Å²) in [5.74, 6) is -0.441. The van der Waals surface area contributed by atoms with Gasteiger partial charge in [-0.2, -0.15) is 0 Å². The molecule has 0 saturated carbocycles. The van der Waals surface area contributed by atoms with E-state index in [-0.39, 0.29) is 5.76 Å². The Hall–Kier alpha value is -1.75. The van der Waals surface area contributed by atoms with E-state index >= 15 is 0 Å². The van der Waals surface area contributed by atoms with Gasteiger partial charge in [-0.25, -0.2) is 4.79 Å². The highest BCUT2D eigenvalue weighted by molar-refractivity contribution is 9.10. The Morgan fingerprint density at radius 3 is 2.74 bits per heavy atom. The van der Waals surface area contributed by atoms with Crippen molar-refractivity contribution in [3.8, 4) is 0 Å². The average molecular weight is 324 g/mol. The maximum Gasteiger partial charge on any atom is 0.372 e. The van der Waals surface area contributed by atoms with Crippen LogP contribution in [0.1, 0.15) is 27.4 Å². The molecule has 0 amide bonds. The molecule has 2 rings (SSSR count). The van der Waals surface area contributed by atoms with Crippen LogP contribution in [-0.4, -0.2) is 11.1 Å². The van der Waals surface area contributed by atoms with Crippen molar-refractivity contribution in [1.29, 1.82) is 0 Å². The van der Waals surface area contributed by atoms with Crippen LogP contribution < -0.4 is 5.32 Å². The number of benzene rings is 1. The molecule has 100 valence electrons. The number of halogens is 1. The molecule has 19 heavy (non-hydrogen) atoms. The molecule has 0 radical (unpaired) electrons. The maximum atomic E-state index is 10.9. The fourth-order valence-corrected chi connectivity index (χ4v) is 2.22. The SMILES string of the molecule is Cc1cc(CNc2cccc(C)c2Br)oc1C(=O)O. The van der Waals surface area contributed by atoms with Crippen molar-refractivity contribution < 1.29 is 14.3 Å². The van der Waals surface area contributed by atoms with Crippen molar-refractivity contribution in [3.05, 3.63) is 51.4 Å². The number of furan rings is 1. The monoisotopic (exact) mass is 323 g/mol. The highest BCUT2D eigenvalue weighted by Gasteiger charge is 2.14. The van der Waals surface area contributed by atoms with E-state index in [4.69, 9.17) is 9.52 Å². The first-order valence-corrected chi connectivity index (χ1v) is 6.60. The van der Waals surface area contributed by atoms with Crippen LogP contribution in [-0.2, 0) is 6.54 Å². The van der Waals surface area contributed by atoms with Crippen LogP contribution in [0.5, 0.6) is 0 Å². The molecule has 2 N–H and O–H groups in total. The van der Waals surface area contributed by atoms with Gasteiger partial charge >= 0.3 is 5.97 Å². The second-order valence-corrected chi connectivity index (χ2v) is 5.11. The van der Waals surface area contributed by atoms with E-state index in [1.54, 1.807) is 13.0 Å². The largest absolute Gasteiger partial charge is 0.475 e. The molecular formula is C14H14BrNO3. The molecule has 0 atom stereocenters. The summed E-state index contributed by atoms with van der Waals surface area (Å²) >= 11 is 3.51. The molecular weight excluding hydrogens is 310 g/mol. The van der Waals surface area contributed by atoms with E-state index in [0.29, 0.717) is 17.9 Å². The van der Waals surface area contributed by atoms with Crippen LogP contribution >= 0.6 is 15.9 Å². The molecule has 1 heterocycles. The number of aromatic carboxylic acids is 1. The van der Waals surface area contributed by atoms with Gasteiger partial charge in [0.25, 0.3) is 0 Å². The molecule has 2 aromatic rings. The van der Waals surface area contributed by atoms with Gasteiger partial charge in [0.1, 0.15) is 5.76 Å². The highest BCUT2D eigenvalue weighted by Crippen LogP contribution is 2.26. The van der Waals surface area contributed by atoms with Crippen LogP contribution in [0.15, 0.2) is 33.2 Å². The third kappa shape index (κ3) is 2.98. The normalized spacial score (nSPS) is 10.5. The second kappa shape index (κ2) is 5.48. The average Bonchev–Trinajstić information content (AvgIpc) is 2.73. The van der Waals surface area contributed by atoms with Crippen molar-refractivity contribution in [2.45, 2.75) is 20.4 Å². The first kappa shape index (κ1) is 13.7. The number of carboxylic acids is 1. The van der Waals surface area contributed by atoms with Crippen LogP contribution in [0.4, 0.5) is 5.69 Å². The zero-order valence-electron chi connectivity index (χ0n) is 10.7. The van der Waals surface area contributed by atoms with Crippen LogP contribution in [0, 0.1) is 13.8 Å². The Morgan fingerprint density at radius 2 is 2.11 bits per heavy atom. The molecule has 0 spiro atoms. The quantitative estimate of drug-likeness (QED) is 0.893. The Labute approximate surface area is 119 Å². The van der Waals surface area contributed by atoms with Gasteiger partial charge in [0.05, 0.1) is 6.54 Å². The van der Waals surface area contributed by atoms with Gasteiger partial charge in [-0.15, -0.1) is 0 Å². The third-order valence-corrected chi connectivity index (χ3v) is 3.86. The molecule has 4 nitrogen and oxygen atoms in total. The topological polar surface area (TPSA) is 62.5 Å². The summed E-state index contributed by atoms with van der Waals surface area (Å²) in [4.78, 5) is 10.9. The van der Waals surface area contributed by atoms with E-state index in [9.17, 15) is 4.79 Å². The smallest absolute Gasteiger partial charge is 0.372 e. The molecule has 0 fully saturated rings. The van der Waals surface area contributed by atoms with Crippen molar-refractivity contribution in [1.82, 2.24) is 0 Å². The van der Waals surface area contributed by atoms with Crippen molar-refractivity contribution >= 4 is 27.6 Å². The van der Waals surface area contributed by atoms with Crippen LogP contribution in [0.2, 0.25) is 0 Å². The summed E-state index contributed by atoms with van der Waals surface area (Å²) in [5, 5.41) is 12.1. The van der Waals surface area contributed by atoms with Gasteiger partial charge in [-0.05, 0) is 47.5 Å². The molecule has 0 aliphatic rings. The zero-order chi connectivity index (χ0) is 14.0. The molecule has 0 bridgehead atoms. The van der Waals surface area contributed by atoms with Gasteiger partial charge in [-0.1, -0.05) is 12.1 Å². The first-order chi connectivity index (χ1) is 8.99. The Kier molecular flexibility index (Phi) is 3.95. The lowest BCUT2D eigenvalue weighted by Crippen LogP contribution is -2.00. The minimum atomic E-state index is -1.04. The maximum absolute atomic E-state index is 10.9. The molecule has 5 heteroatoms. The fraction of sp³-hybridized carbons (Fsp3) is 0.214. The molecule has 0 aliphatic heterocycles. The van der Waals surface area contributed by atoms with Crippen molar-refractivity contribution in [3.63, 3.8) is 0 Å². The van der Waals surface area contributed by atoms with E-state index < -0.39 is 5.97 Å². The number of carbonyl (C=O) groups is 1. The number of hydrogen-bond acceptors (Lipinski definition) is 3. The summed E-state index contributed by atoms with van der Waals surface area (Å²) in [5.41, 5.74) is 2.71.